The number of rotatable bonds is 5. The van der Waals surface area contributed by atoms with Crippen molar-refractivity contribution in [3.8, 4) is 5.75 Å². The quantitative estimate of drug-likeness (QED) is 0.828. The van der Waals surface area contributed by atoms with Crippen LogP contribution in [0.2, 0.25) is 0 Å². The molecule has 0 radical (unpaired) electrons. The van der Waals surface area contributed by atoms with Gasteiger partial charge in [-0.25, -0.2) is 0 Å². The minimum Gasteiger partial charge on any atom is -0.497 e. The molecule has 1 atom stereocenters. The first kappa shape index (κ1) is 13.9. The van der Waals surface area contributed by atoms with E-state index in [4.69, 9.17) is 9.47 Å². The molecule has 104 valence electrons. The third-order valence-corrected chi connectivity index (χ3v) is 3.67. The summed E-state index contributed by atoms with van der Waals surface area (Å²) in [7, 11) is 1.61. The Morgan fingerprint density at radius 3 is 2.95 bits per heavy atom. The number of aliphatic hydroxyl groups is 1. The average Bonchev–Trinajstić information content (AvgIpc) is 2.75. The fourth-order valence-electron chi connectivity index (χ4n) is 2.61. The van der Waals surface area contributed by atoms with Gasteiger partial charge in [0, 0.05) is 6.42 Å². The van der Waals surface area contributed by atoms with E-state index in [0.29, 0.717) is 19.4 Å². The number of hydrogen-bond donors (Lipinski definition) is 1. The Hall–Kier alpha value is -1.55. The van der Waals surface area contributed by atoms with Crippen molar-refractivity contribution in [2.45, 2.75) is 38.2 Å². The van der Waals surface area contributed by atoms with Crippen molar-refractivity contribution in [3.05, 3.63) is 29.3 Å². The van der Waals surface area contributed by atoms with Gasteiger partial charge >= 0.3 is 5.97 Å². The van der Waals surface area contributed by atoms with E-state index < -0.39 is 5.60 Å². The maximum Gasteiger partial charge on any atom is 0.305 e. The number of esters is 1. The monoisotopic (exact) mass is 264 g/mol. The zero-order valence-corrected chi connectivity index (χ0v) is 11.4. The molecule has 0 fully saturated rings. The third kappa shape index (κ3) is 2.89. The highest BCUT2D eigenvalue weighted by molar-refractivity contribution is 5.69. The van der Waals surface area contributed by atoms with Crippen LogP contribution in [0.15, 0.2) is 18.2 Å². The first-order valence-corrected chi connectivity index (χ1v) is 6.64. The largest absolute Gasteiger partial charge is 0.497 e. The summed E-state index contributed by atoms with van der Waals surface area (Å²) in [6.07, 6.45) is 2.11. The number of carbonyl (C=O) groups is 1. The molecular weight excluding hydrogens is 244 g/mol. The summed E-state index contributed by atoms with van der Waals surface area (Å²) in [4.78, 5) is 11.4. The zero-order valence-electron chi connectivity index (χ0n) is 11.4. The second kappa shape index (κ2) is 5.61. The Morgan fingerprint density at radius 2 is 2.26 bits per heavy atom. The van der Waals surface area contributed by atoms with E-state index in [1.165, 1.54) is 0 Å². The average molecular weight is 264 g/mol. The minimum absolute atomic E-state index is 0.237. The fraction of sp³-hybridized carbons (Fsp3) is 0.533. The SMILES string of the molecule is CCOC(=O)CCC1(O)CCc2ccc(OC)cc21. The maximum atomic E-state index is 11.4. The molecule has 0 bridgehead atoms. The first-order chi connectivity index (χ1) is 9.09. The zero-order chi connectivity index (χ0) is 13.9. The lowest BCUT2D eigenvalue weighted by Gasteiger charge is -2.24. The number of fused-ring (bicyclic) bond motifs is 1. The molecule has 0 saturated carbocycles. The summed E-state index contributed by atoms with van der Waals surface area (Å²) >= 11 is 0. The minimum atomic E-state index is -0.934. The van der Waals surface area contributed by atoms with Gasteiger partial charge in [-0.3, -0.25) is 4.79 Å². The highest BCUT2D eigenvalue weighted by atomic mass is 16.5. The van der Waals surface area contributed by atoms with Crippen molar-refractivity contribution in [2.24, 2.45) is 0 Å². The first-order valence-electron chi connectivity index (χ1n) is 6.64. The van der Waals surface area contributed by atoms with Crippen molar-refractivity contribution >= 4 is 5.97 Å². The molecule has 0 amide bonds. The highest BCUT2D eigenvalue weighted by Crippen LogP contribution is 2.41. The van der Waals surface area contributed by atoms with Crippen molar-refractivity contribution in [1.82, 2.24) is 0 Å². The van der Waals surface area contributed by atoms with Crippen molar-refractivity contribution in [3.63, 3.8) is 0 Å². The van der Waals surface area contributed by atoms with Gasteiger partial charge in [-0.05, 0) is 49.4 Å². The number of aryl methyl sites for hydroxylation is 1. The molecule has 0 saturated heterocycles. The highest BCUT2D eigenvalue weighted by Gasteiger charge is 2.37. The van der Waals surface area contributed by atoms with Crippen LogP contribution in [0, 0.1) is 0 Å². The van der Waals surface area contributed by atoms with Crippen LogP contribution < -0.4 is 4.74 Å². The molecule has 0 aliphatic heterocycles. The summed E-state index contributed by atoms with van der Waals surface area (Å²) in [5, 5.41) is 10.7. The number of methoxy groups -OCH3 is 1. The van der Waals surface area contributed by atoms with Gasteiger partial charge in [0.1, 0.15) is 5.75 Å². The van der Waals surface area contributed by atoms with Crippen LogP contribution in [0.5, 0.6) is 5.75 Å². The Morgan fingerprint density at radius 1 is 1.47 bits per heavy atom. The Balaban J connectivity index is 2.12. The number of ether oxygens (including phenoxy) is 2. The summed E-state index contributed by atoms with van der Waals surface area (Å²) in [6.45, 7) is 2.16. The van der Waals surface area contributed by atoms with E-state index >= 15 is 0 Å². The lowest BCUT2D eigenvalue weighted by Crippen LogP contribution is -2.24. The van der Waals surface area contributed by atoms with Crippen LogP contribution in [0.1, 0.15) is 37.3 Å². The Bertz CT molecular complexity index is 469. The molecule has 1 aromatic carbocycles. The number of benzene rings is 1. The topological polar surface area (TPSA) is 55.8 Å². The molecule has 1 unspecified atom stereocenters. The molecule has 1 N–H and O–H groups in total. The number of hydrogen-bond acceptors (Lipinski definition) is 4. The summed E-state index contributed by atoms with van der Waals surface area (Å²) in [5.74, 6) is 0.475. The molecular formula is C15H20O4. The van der Waals surface area contributed by atoms with E-state index in [-0.39, 0.29) is 12.4 Å². The van der Waals surface area contributed by atoms with Crippen molar-refractivity contribution in [2.75, 3.05) is 13.7 Å². The molecule has 4 heteroatoms. The summed E-state index contributed by atoms with van der Waals surface area (Å²) < 4.78 is 10.1. The normalized spacial score (nSPS) is 21.0. The smallest absolute Gasteiger partial charge is 0.305 e. The van der Waals surface area contributed by atoms with Gasteiger partial charge in [0.25, 0.3) is 0 Å². The van der Waals surface area contributed by atoms with Gasteiger partial charge in [-0.1, -0.05) is 6.07 Å². The molecule has 0 aromatic heterocycles. The van der Waals surface area contributed by atoms with Crippen LogP contribution >= 0.6 is 0 Å². The number of carbonyl (C=O) groups excluding carboxylic acids is 1. The predicted octanol–water partition coefficient (Wildman–Crippen LogP) is 2.17. The van der Waals surface area contributed by atoms with Gasteiger partial charge in [-0.2, -0.15) is 0 Å². The Kier molecular flexibility index (Phi) is 4.10. The molecule has 0 heterocycles. The van der Waals surface area contributed by atoms with E-state index in [1.54, 1.807) is 14.0 Å². The molecule has 4 nitrogen and oxygen atoms in total. The summed E-state index contributed by atoms with van der Waals surface area (Å²) in [5.41, 5.74) is 1.08. The van der Waals surface area contributed by atoms with Crippen LogP contribution in [0.25, 0.3) is 0 Å². The fourth-order valence-corrected chi connectivity index (χ4v) is 2.61. The third-order valence-electron chi connectivity index (χ3n) is 3.67. The van der Waals surface area contributed by atoms with E-state index in [9.17, 15) is 9.90 Å². The molecule has 0 spiro atoms. The van der Waals surface area contributed by atoms with Gasteiger partial charge in [0.05, 0.1) is 19.3 Å². The van der Waals surface area contributed by atoms with Crippen LogP contribution in [-0.4, -0.2) is 24.8 Å². The molecule has 1 aliphatic rings. The van der Waals surface area contributed by atoms with Crippen molar-refractivity contribution in [1.29, 1.82) is 0 Å². The van der Waals surface area contributed by atoms with Crippen molar-refractivity contribution < 1.29 is 19.4 Å². The molecule has 2 rings (SSSR count). The predicted molar refractivity (Wildman–Crippen MR) is 71.1 cm³/mol. The van der Waals surface area contributed by atoms with Gasteiger partial charge in [-0.15, -0.1) is 0 Å². The molecule has 1 aliphatic carbocycles. The standard InChI is InChI=1S/C15H20O4/c1-3-19-14(16)7-9-15(17)8-6-11-4-5-12(18-2)10-13(11)15/h4-5,10,17H,3,6-9H2,1-2H3. The summed E-state index contributed by atoms with van der Waals surface area (Å²) in [6, 6.07) is 5.75. The van der Waals surface area contributed by atoms with E-state index in [2.05, 4.69) is 0 Å². The molecule has 1 aromatic rings. The second-order valence-electron chi connectivity index (χ2n) is 4.86. The lowest BCUT2D eigenvalue weighted by molar-refractivity contribution is -0.144. The van der Waals surface area contributed by atoms with E-state index in [1.807, 2.05) is 18.2 Å². The Labute approximate surface area is 113 Å². The van der Waals surface area contributed by atoms with Crippen LogP contribution in [-0.2, 0) is 21.6 Å². The van der Waals surface area contributed by atoms with Gasteiger partial charge < -0.3 is 14.6 Å². The van der Waals surface area contributed by atoms with Crippen LogP contribution in [0.3, 0.4) is 0 Å². The lowest BCUT2D eigenvalue weighted by atomic mass is 9.91. The van der Waals surface area contributed by atoms with Gasteiger partial charge in [0.15, 0.2) is 0 Å². The second-order valence-corrected chi connectivity index (χ2v) is 4.86. The van der Waals surface area contributed by atoms with Gasteiger partial charge in [0.2, 0.25) is 0 Å². The van der Waals surface area contributed by atoms with Crippen LogP contribution in [0.4, 0.5) is 0 Å². The van der Waals surface area contributed by atoms with E-state index in [0.717, 1.165) is 23.3 Å². The molecule has 19 heavy (non-hydrogen) atoms. The maximum absolute atomic E-state index is 11.4.